The lowest BCUT2D eigenvalue weighted by Gasteiger charge is -2.17. The number of aryl methyl sites for hydroxylation is 3. The van der Waals surface area contributed by atoms with Gasteiger partial charge in [0.25, 0.3) is 5.91 Å². The molecule has 3 aromatic rings. The van der Waals surface area contributed by atoms with Crippen molar-refractivity contribution in [3.63, 3.8) is 0 Å². The second-order valence-corrected chi connectivity index (χ2v) is 6.67. The number of carbonyl (C=O) groups excluding carboxylic acids is 2. The zero-order valence-electron chi connectivity index (χ0n) is 15.9. The molecule has 138 valence electrons. The highest BCUT2D eigenvalue weighted by molar-refractivity contribution is 6.00. The number of nitrogens with one attached hydrogen (secondary N) is 1. The molecule has 0 aliphatic heterocycles. The Balaban J connectivity index is 1.70. The Bertz CT molecular complexity index is 1010. The molecule has 0 bridgehead atoms. The Morgan fingerprint density at radius 1 is 0.926 bits per heavy atom. The van der Waals surface area contributed by atoms with E-state index in [1.807, 2.05) is 45.0 Å². The Hall–Kier alpha value is -3.28. The maximum atomic E-state index is 12.7. The van der Waals surface area contributed by atoms with Gasteiger partial charge in [-0.3, -0.25) is 9.59 Å². The number of carbonyl (C=O) groups is 2. The molecule has 27 heavy (non-hydrogen) atoms. The van der Waals surface area contributed by atoms with E-state index < -0.39 is 0 Å². The standard InChI is InChI=1S/C21H22N4O2/c1-13-5-8-17(9-6-13)24-20(26)12-25(4)21(27)16-7-10-18-19(11-16)23-15(3)14(2)22-18/h5-11H,12H2,1-4H3,(H,24,26). The van der Waals surface area contributed by atoms with Crippen LogP contribution in [0.4, 0.5) is 5.69 Å². The molecule has 0 aliphatic carbocycles. The van der Waals surface area contributed by atoms with Crippen molar-refractivity contribution in [2.45, 2.75) is 20.8 Å². The third-order valence-corrected chi connectivity index (χ3v) is 4.39. The molecule has 0 saturated heterocycles. The van der Waals surface area contributed by atoms with Crippen LogP contribution < -0.4 is 5.32 Å². The molecule has 0 spiro atoms. The highest BCUT2D eigenvalue weighted by Gasteiger charge is 2.16. The largest absolute Gasteiger partial charge is 0.332 e. The van der Waals surface area contributed by atoms with E-state index >= 15 is 0 Å². The number of amides is 2. The first-order valence-electron chi connectivity index (χ1n) is 8.70. The van der Waals surface area contributed by atoms with E-state index in [0.29, 0.717) is 16.8 Å². The summed E-state index contributed by atoms with van der Waals surface area (Å²) in [5.41, 5.74) is 5.41. The predicted molar refractivity (Wildman–Crippen MR) is 106 cm³/mol. The molecule has 6 heteroatoms. The van der Waals surface area contributed by atoms with Crippen LogP contribution in [-0.4, -0.2) is 40.3 Å². The number of benzene rings is 2. The third-order valence-electron chi connectivity index (χ3n) is 4.39. The van der Waals surface area contributed by atoms with Crippen LogP contribution in [0.2, 0.25) is 0 Å². The second-order valence-electron chi connectivity index (χ2n) is 6.67. The number of likely N-dealkylation sites (N-methyl/N-ethyl adjacent to an activating group) is 1. The fraction of sp³-hybridized carbons (Fsp3) is 0.238. The molecule has 0 fully saturated rings. The lowest BCUT2D eigenvalue weighted by Crippen LogP contribution is -2.34. The van der Waals surface area contributed by atoms with Crippen LogP contribution >= 0.6 is 0 Å². The number of rotatable bonds is 4. The van der Waals surface area contributed by atoms with Crippen LogP contribution in [0.1, 0.15) is 27.3 Å². The van der Waals surface area contributed by atoms with Gasteiger partial charge in [0.1, 0.15) is 0 Å². The summed E-state index contributed by atoms with van der Waals surface area (Å²) in [4.78, 5) is 35.2. The second kappa shape index (κ2) is 7.53. The van der Waals surface area contributed by atoms with Crippen molar-refractivity contribution in [3.8, 4) is 0 Å². The maximum absolute atomic E-state index is 12.7. The SMILES string of the molecule is Cc1ccc(NC(=O)CN(C)C(=O)c2ccc3nc(C)c(C)nc3c2)cc1. The average molecular weight is 362 g/mol. The summed E-state index contributed by atoms with van der Waals surface area (Å²) in [5.74, 6) is -0.488. The summed E-state index contributed by atoms with van der Waals surface area (Å²) in [5, 5.41) is 2.79. The van der Waals surface area contributed by atoms with Crippen LogP contribution in [0.15, 0.2) is 42.5 Å². The van der Waals surface area contributed by atoms with E-state index in [-0.39, 0.29) is 18.4 Å². The van der Waals surface area contributed by atoms with E-state index in [1.165, 1.54) is 4.90 Å². The van der Waals surface area contributed by atoms with E-state index in [0.717, 1.165) is 22.5 Å². The van der Waals surface area contributed by atoms with Crippen molar-refractivity contribution in [1.29, 1.82) is 0 Å². The van der Waals surface area contributed by atoms with Gasteiger partial charge in [-0.1, -0.05) is 17.7 Å². The Morgan fingerprint density at radius 2 is 1.56 bits per heavy atom. The van der Waals surface area contributed by atoms with Crippen molar-refractivity contribution < 1.29 is 9.59 Å². The molecular weight excluding hydrogens is 340 g/mol. The molecule has 0 atom stereocenters. The molecule has 1 N–H and O–H groups in total. The first-order chi connectivity index (χ1) is 12.8. The molecule has 2 amide bonds. The number of anilines is 1. The van der Waals surface area contributed by atoms with Gasteiger partial charge < -0.3 is 10.2 Å². The molecule has 0 saturated carbocycles. The van der Waals surface area contributed by atoms with Gasteiger partial charge in [0.05, 0.1) is 29.0 Å². The van der Waals surface area contributed by atoms with Crippen LogP contribution in [0.3, 0.4) is 0 Å². The molecule has 0 unspecified atom stereocenters. The van der Waals surface area contributed by atoms with Crippen molar-refractivity contribution >= 4 is 28.5 Å². The minimum absolute atomic E-state index is 0.0383. The van der Waals surface area contributed by atoms with Crippen LogP contribution in [-0.2, 0) is 4.79 Å². The van der Waals surface area contributed by atoms with Crippen LogP contribution in [0.5, 0.6) is 0 Å². The molecule has 0 radical (unpaired) electrons. The average Bonchev–Trinajstić information content (AvgIpc) is 2.63. The van der Waals surface area contributed by atoms with Gasteiger partial charge in [0.15, 0.2) is 0 Å². The van der Waals surface area contributed by atoms with Gasteiger partial charge in [-0.25, -0.2) is 9.97 Å². The van der Waals surface area contributed by atoms with Crippen LogP contribution in [0, 0.1) is 20.8 Å². The zero-order chi connectivity index (χ0) is 19.6. The monoisotopic (exact) mass is 362 g/mol. The van der Waals surface area contributed by atoms with E-state index in [4.69, 9.17) is 0 Å². The number of hydrogen-bond acceptors (Lipinski definition) is 4. The van der Waals surface area contributed by atoms with Crippen molar-refractivity contribution in [2.75, 3.05) is 18.9 Å². The fourth-order valence-corrected chi connectivity index (χ4v) is 2.71. The molecule has 0 aliphatic rings. The maximum Gasteiger partial charge on any atom is 0.254 e. The normalized spacial score (nSPS) is 10.7. The Morgan fingerprint density at radius 3 is 2.22 bits per heavy atom. The highest BCUT2D eigenvalue weighted by atomic mass is 16.2. The third kappa shape index (κ3) is 4.28. The molecule has 1 aromatic heterocycles. The first kappa shape index (κ1) is 18.5. The number of aromatic nitrogens is 2. The highest BCUT2D eigenvalue weighted by Crippen LogP contribution is 2.16. The summed E-state index contributed by atoms with van der Waals surface area (Å²) < 4.78 is 0. The van der Waals surface area contributed by atoms with E-state index in [9.17, 15) is 9.59 Å². The van der Waals surface area contributed by atoms with Crippen molar-refractivity contribution in [2.24, 2.45) is 0 Å². The number of fused-ring (bicyclic) bond motifs is 1. The van der Waals surface area contributed by atoms with Crippen molar-refractivity contribution in [1.82, 2.24) is 14.9 Å². The molecule has 3 rings (SSSR count). The summed E-state index contributed by atoms with van der Waals surface area (Å²) in [7, 11) is 1.60. The quantitative estimate of drug-likeness (QED) is 0.773. The molecule has 1 heterocycles. The minimum atomic E-state index is -0.248. The van der Waals surface area contributed by atoms with Crippen molar-refractivity contribution in [3.05, 3.63) is 65.0 Å². The lowest BCUT2D eigenvalue weighted by molar-refractivity contribution is -0.116. The van der Waals surface area contributed by atoms with E-state index in [1.54, 1.807) is 25.2 Å². The smallest absolute Gasteiger partial charge is 0.254 e. The van der Waals surface area contributed by atoms with Crippen LogP contribution in [0.25, 0.3) is 11.0 Å². The summed E-state index contributed by atoms with van der Waals surface area (Å²) in [6.45, 7) is 5.73. The van der Waals surface area contributed by atoms with Gasteiger partial charge in [-0.15, -0.1) is 0 Å². The Labute approximate surface area is 158 Å². The molecule has 2 aromatic carbocycles. The van der Waals surface area contributed by atoms with E-state index in [2.05, 4.69) is 15.3 Å². The van der Waals surface area contributed by atoms with Gasteiger partial charge >= 0.3 is 0 Å². The topological polar surface area (TPSA) is 75.2 Å². The summed E-state index contributed by atoms with van der Waals surface area (Å²) in [6, 6.07) is 12.7. The van der Waals surface area contributed by atoms with Gasteiger partial charge in [-0.05, 0) is 51.1 Å². The van der Waals surface area contributed by atoms with Gasteiger partial charge in [-0.2, -0.15) is 0 Å². The summed E-state index contributed by atoms with van der Waals surface area (Å²) in [6.07, 6.45) is 0. The lowest BCUT2D eigenvalue weighted by atomic mass is 10.1. The fourth-order valence-electron chi connectivity index (χ4n) is 2.71. The Kier molecular flexibility index (Phi) is 5.16. The minimum Gasteiger partial charge on any atom is -0.332 e. The first-order valence-corrected chi connectivity index (χ1v) is 8.70. The number of nitrogens with zero attached hydrogens (tertiary/aromatic N) is 3. The van der Waals surface area contributed by atoms with Gasteiger partial charge in [0.2, 0.25) is 5.91 Å². The molecule has 6 nitrogen and oxygen atoms in total. The van der Waals surface area contributed by atoms with Gasteiger partial charge in [0, 0.05) is 18.3 Å². The predicted octanol–water partition coefficient (Wildman–Crippen LogP) is 3.27. The summed E-state index contributed by atoms with van der Waals surface area (Å²) >= 11 is 0. The number of hydrogen-bond donors (Lipinski definition) is 1. The molecular formula is C21H22N4O2. The zero-order valence-corrected chi connectivity index (χ0v) is 15.9.